The van der Waals surface area contributed by atoms with Gasteiger partial charge in [-0.3, -0.25) is 14.5 Å². The van der Waals surface area contributed by atoms with Crippen LogP contribution < -0.4 is 24.6 Å². The first-order chi connectivity index (χ1) is 21.1. The lowest BCUT2D eigenvalue weighted by Crippen LogP contribution is -2.49. The fourth-order valence-corrected chi connectivity index (χ4v) is 5.36. The van der Waals surface area contributed by atoms with Crippen molar-refractivity contribution in [2.24, 2.45) is 0 Å². The Labute approximate surface area is 250 Å². The molecule has 0 spiro atoms. The molecule has 43 heavy (non-hydrogen) atoms. The lowest BCUT2D eigenvalue weighted by Gasteiger charge is -2.46. The summed E-state index contributed by atoms with van der Waals surface area (Å²) in [6, 6.07) is 42.5. The zero-order valence-electron chi connectivity index (χ0n) is 23.7. The number of carbonyl (C=O) groups is 2. The summed E-state index contributed by atoms with van der Waals surface area (Å²) in [5, 5.41) is 2.82. The van der Waals surface area contributed by atoms with Gasteiger partial charge in [-0.2, -0.15) is 0 Å². The maximum Gasteiger partial charge on any atom is 0.262 e. The Bertz CT molecular complexity index is 1710. The smallest absolute Gasteiger partial charge is 0.262 e. The van der Waals surface area contributed by atoms with E-state index in [0.717, 1.165) is 22.5 Å². The van der Waals surface area contributed by atoms with Gasteiger partial charge in [0, 0.05) is 12.2 Å². The first-order valence-electron chi connectivity index (χ1n) is 14.1. The standard InChI is InChI=1S/C36H31N3O4/c1-42-33-19-11-9-17-31(33)37-34(40)25-43-29-22-20-27(21-23-29)35-38(24-26-12-4-2-5-13-26)32-18-10-8-16-30(32)36(41)39(35)28-14-6-3-7-15-28/h2-23,35H,24-25H2,1H3,(H,37,40)/t35-/m1/s1. The maximum atomic E-state index is 14.1. The summed E-state index contributed by atoms with van der Waals surface area (Å²) in [7, 11) is 1.56. The zero-order chi connectivity index (χ0) is 29.6. The first-order valence-corrected chi connectivity index (χ1v) is 14.1. The Morgan fingerprint density at radius 3 is 2.16 bits per heavy atom. The average Bonchev–Trinajstić information content (AvgIpc) is 3.06. The van der Waals surface area contributed by atoms with Crippen molar-refractivity contribution in [3.63, 3.8) is 0 Å². The van der Waals surface area contributed by atoms with Gasteiger partial charge >= 0.3 is 0 Å². The molecule has 1 atom stereocenters. The Balaban J connectivity index is 1.30. The van der Waals surface area contributed by atoms with Crippen LogP contribution in [0.15, 0.2) is 133 Å². The molecule has 0 unspecified atom stereocenters. The van der Waals surface area contributed by atoms with E-state index in [4.69, 9.17) is 9.47 Å². The van der Waals surface area contributed by atoms with E-state index < -0.39 is 6.17 Å². The molecule has 0 saturated carbocycles. The fraction of sp³-hybridized carbons (Fsp3) is 0.111. The summed E-state index contributed by atoms with van der Waals surface area (Å²) in [5.41, 5.74) is 4.95. The second kappa shape index (κ2) is 12.5. The lowest BCUT2D eigenvalue weighted by atomic mass is 9.99. The SMILES string of the molecule is COc1ccccc1NC(=O)COc1ccc([C@@H]2N(Cc3ccccc3)c3ccccc3C(=O)N2c2ccccc2)cc1. The van der Waals surface area contributed by atoms with Gasteiger partial charge in [0.05, 0.1) is 24.0 Å². The highest BCUT2D eigenvalue weighted by molar-refractivity contribution is 6.12. The molecule has 0 radical (unpaired) electrons. The summed E-state index contributed by atoms with van der Waals surface area (Å²) in [6.07, 6.45) is -0.423. The molecule has 0 aromatic heterocycles. The number of fused-ring (bicyclic) bond motifs is 1. The number of carbonyl (C=O) groups excluding carboxylic acids is 2. The minimum Gasteiger partial charge on any atom is -0.495 e. The van der Waals surface area contributed by atoms with Crippen molar-refractivity contribution >= 4 is 28.9 Å². The van der Waals surface area contributed by atoms with Gasteiger partial charge in [-0.25, -0.2) is 0 Å². The van der Waals surface area contributed by atoms with Crippen LogP contribution in [0.1, 0.15) is 27.7 Å². The Morgan fingerprint density at radius 2 is 1.42 bits per heavy atom. The third-order valence-electron chi connectivity index (χ3n) is 7.36. The molecule has 1 aliphatic heterocycles. The largest absolute Gasteiger partial charge is 0.495 e. The van der Waals surface area contributed by atoms with Crippen molar-refractivity contribution in [3.8, 4) is 11.5 Å². The van der Waals surface area contributed by atoms with E-state index in [1.54, 1.807) is 19.2 Å². The first kappa shape index (κ1) is 27.6. The summed E-state index contributed by atoms with van der Waals surface area (Å²) in [5.74, 6) is 0.756. The summed E-state index contributed by atoms with van der Waals surface area (Å²) in [6.45, 7) is 0.434. The van der Waals surface area contributed by atoms with Gasteiger partial charge in [0.25, 0.3) is 11.8 Å². The summed E-state index contributed by atoms with van der Waals surface area (Å²) >= 11 is 0. The predicted octanol–water partition coefficient (Wildman–Crippen LogP) is 7.08. The number of para-hydroxylation sites is 4. The quantitative estimate of drug-likeness (QED) is 0.205. The second-order valence-electron chi connectivity index (χ2n) is 10.1. The van der Waals surface area contributed by atoms with E-state index in [9.17, 15) is 9.59 Å². The molecule has 0 aliphatic carbocycles. The van der Waals surface area contributed by atoms with Crippen LogP contribution in [0.25, 0.3) is 0 Å². The third-order valence-corrected chi connectivity index (χ3v) is 7.36. The molecule has 0 fully saturated rings. The predicted molar refractivity (Wildman–Crippen MR) is 169 cm³/mol. The van der Waals surface area contributed by atoms with Crippen molar-refractivity contribution in [3.05, 3.63) is 150 Å². The number of anilines is 3. The van der Waals surface area contributed by atoms with Crippen LogP contribution >= 0.6 is 0 Å². The van der Waals surface area contributed by atoms with E-state index in [1.165, 1.54) is 0 Å². The minimum atomic E-state index is -0.423. The highest BCUT2D eigenvalue weighted by atomic mass is 16.5. The van der Waals surface area contributed by atoms with Crippen LogP contribution in [0, 0.1) is 0 Å². The fourth-order valence-electron chi connectivity index (χ4n) is 5.36. The van der Waals surface area contributed by atoms with Crippen molar-refractivity contribution in [2.75, 3.05) is 28.8 Å². The number of nitrogens with one attached hydrogen (secondary N) is 1. The molecule has 2 amide bonds. The molecule has 1 aliphatic rings. The highest BCUT2D eigenvalue weighted by Crippen LogP contribution is 2.42. The molecule has 214 valence electrons. The number of amides is 2. The van der Waals surface area contributed by atoms with E-state index in [2.05, 4.69) is 22.3 Å². The topological polar surface area (TPSA) is 71.1 Å². The lowest BCUT2D eigenvalue weighted by molar-refractivity contribution is -0.118. The second-order valence-corrected chi connectivity index (χ2v) is 10.1. The van der Waals surface area contributed by atoms with Gasteiger partial charge in [0.2, 0.25) is 0 Å². The van der Waals surface area contributed by atoms with Crippen molar-refractivity contribution < 1.29 is 19.1 Å². The molecule has 5 aromatic rings. The Kier molecular flexibility index (Phi) is 8.04. The van der Waals surface area contributed by atoms with E-state index in [-0.39, 0.29) is 18.4 Å². The highest BCUT2D eigenvalue weighted by Gasteiger charge is 2.39. The van der Waals surface area contributed by atoms with Gasteiger partial charge in [-0.15, -0.1) is 0 Å². The number of ether oxygens (including phenoxy) is 2. The summed E-state index contributed by atoms with van der Waals surface area (Å²) < 4.78 is 11.1. The molecular weight excluding hydrogens is 538 g/mol. The normalized spacial score (nSPS) is 14.2. The van der Waals surface area contributed by atoms with E-state index in [0.29, 0.717) is 29.3 Å². The Morgan fingerprint density at radius 1 is 0.767 bits per heavy atom. The van der Waals surface area contributed by atoms with Crippen LogP contribution in [0.3, 0.4) is 0 Å². The summed E-state index contributed by atoms with van der Waals surface area (Å²) in [4.78, 5) is 30.8. The van der Waals surface area contributed by atoms with E-state index in [1.807, 2.05) is 114 Å². The molecule has 1 N–H and O–H groups in total. The number of rotatable bonds is 9. The third kappa shape index (κ3) is 5.92. The number of benzene rings is 5. The van der Waals surface area contributed by atoms with Crippen molar-refractivity contribution in [1.82, 2.24) is 0 Å². The maximum absolute atomic E-state index is 14.1. The van der Waals surface area contributed by atoms with Gasteiger partial charge in [0.15, 0.2) is 6.61 Å². The monoisotopic (exact) mass is 569 g/mol. The number of nitrogens with zero attached hydrogens (tertiary/aromatic N) is 2. The molecule has 6 rings (SSSR count). The molecule has 0 bridgehead atoms. The number of hydrogen-bond acceptors (Lipinski definition) is 5. The molecule has 5 aromatic carbocycles. The van der Waals surface area contributed by atoms with Crippen LogP contribution in [0.5, 0.6) is 11.5 Å². The molecular formula is C36H31N3O4. The van der Waals surface area contributed by atoms with Crippen molar-refractivity contribution in [1.29, 1.82) is 0 Å². The van der Waals surface area contributed by atoms with Gasteiger partial charge < -0.3 is 19.7 Å². The number of methoxy groups -OCH3 is 1. The molecule has 7 heteroatoms. The molecule has 7 nitrogen and oxygen atoms in total. The molecule has 0 saturated heterocycles. The Hall–Kier alpha value is -5.56. The van der Waals surface area contributed by atoms with Gasteiger partial charge in [0.1, 0.15) is 17.7 Å². The van der Waals surface area contributed by atoms with Crippen molar-refractivity contribution in [2.45, 2.75) is 12.7 Å². The van der Waals surface area contributed by atoms with Gasteiger partial charge in [-0.05, 0) is 59.7 Å². The average molecular weight is 570 g/mol. The van der Waals surface area contributed by atoms with Crippen LogP contribution in [-0.2, 0) is 11.3 Å². The minimum absolute atomic E-state index is 0.0653. The van der Waals surface area contributed by atoms with Crippen LogP contribution in [-0.4, -0.2) is 25.5 Å². The number of hydrogen-bond donors (Lipinski definition) is 1. The zero-order valence-corrected chi connectivity index (χ0v) is 23.7. The van der Waals surface area contributed by atoms with Gasteiger partial charge in [-0.1, -0.05) is 84.9 Å². The van der Waals surface area contributed by atoms with Crippen LogP contribution in [0.4, 0.5) is 17.1 Å². The van der Waals surface area contributed by atoms with Crippen LogP contribution in [0.2, 0.25) is 0 Å². The van der Waals surface area contributed by atoms with E-state index >= 15 is 0 Å². The molecule has 1 heterocycles.